The maximum atomic E-state index is 6.59. The van der Waals surface area contributed by atoms with Crippen LogP contribution in [0.15, 0.2) is 66.7 Å². The van der Waals surface area contributed by atoms with E-state index in [1.807, 2.05) is 19.1 Å². The highest BCUT2D eigenvalue weighted by Gasteiger charge is 2.14. The monoisotopic (exact) mass is 437 g/mol. The van der Waals surface area contributed by atoms with Crippen LogP contribution in [0.2, 0.25) is 5.02 Å². The van der Waals surface area contributed by atoms with Gasteiger partial charge in [-0.3, -0.25) is 0 Å². The van der Waals surface area contributed by atoms with Crippen molar-refractivity contribution in [2.75, 3.05) is 6.61 Å². The van der Waals surface area contributed by atoms with Gasteiger partial charge in [-0.05, 0) is 62.4 Å². The summed E-state index contributed by atoms with van der Waals surface area (Å²) in [5.41, 5.74) is 4.78. The summed E-state index contributed by atoms with van der Waals surface area (Å²) in [7, 11) is 0. The van der Waals surface area contributed by atoms with Crippen molar-refractivity contribution in [2.45, 2.75) is 52.8 Å². The Hall–Kier alpha value is -2.49. The molecule has 3 nitrogen and oxygen atoms in total. The van der Waals surface area contributed by atoms with Gasteiger partial charge >= 0.3 is 0 Å². The third kappa shape index (κ3) is 7.30. The van der Waals surface area contributed by atoms with Crippen LogP contribution in [-0.4, -0.2) is 12.6 Å². The zero-order valence-corrected chi connectivity index (χ0v) is 19.4. The van der Waals surface area contributed by atoms with Crippen LogP contribution in [0.5, 0.6) is 11.5 Å². The first-order valence-electron chi connectivity index (χ1n) is 11.0. The largest absolute Gasteiger partial charge is 0.490 e. The predicted octanol–water partition coefficient (Wildman–Crippen LogP) is 6.74. The molecule has 0 bridgehead atoms. The Bertz CT molecular complexity index is 941. The number of nitrogens with one attached hydrogen (secondary N) is 1. The lowest BCUT2D eigenvalue weighted by Gasteiger charge is -2.17. The Kier molecular flexibility index (Phi) is 8.81. The van der Waals surface area contributed by atoms with Crippen LogP contribution in [0.3, 0.4) is 0 Å². The number of aryl methyl sites for hydroxylation is 2. The summed E-state index contributed by atoms with van der Waals surface area (Å²) in [5.74, 6) is 1.29. The highest BCUT2D eigenvalue weighted by Crippen LogP contribution is 2.37. The lowest BCUT2D eigenvalue weighted by atomic mass is 10.1. The number of benzene rings is 3. The molecule has 4 heteroatoms. The molecule has 0 spiro atoms. The topological polar surface area (TPSA) is 30.5 Å². The summed E-state index contributed by atoms with van der Waals surface area (Å²) in [6.07, 6.45) is 2.14. The number of halogens is 1. The van der Waals surface area contributed by atoms with Crippen LogP contribution in [-0.2, 0) is 19.6 Å². The van der Waals surface area contributed by atoms with E-state index in [1.165, 1.54) is 11.1 Å². The zero-order chi connectivity index (χ0) is 22.1. The highest BCUT2D eigenvalue weighted by atomic mass is 35.5. The molecule has 0 radical (unpaired) electrons. The zero-order valence-electron chi connectivity index (χ0n) is 18.7. The van der Waals surface area contributed by atoms with E-state index in [0.29, 0.717) is 35.8 Å². The van der Waals surface area contributed by atoms with Crippen molar-refractivity contribution in [3.8, 4) is 11.5 Å². The van der Waals surface area contributed by atoms with Crippen molar-refractivity contribution in [1.82, 2.24) is 5.32 Å². The molecule has 0 saturated heterocycles. The van der Waals surface area contributed by atoms with E-state index in [0.717, 1.165) is 30.5 Å². The molecule has 3 aromatic carbocycles. The highest BCUT2D eigenvalue weighted by molar-refractivity contribution is 6.32. The van der Waals surface area contributed by atoms with Gasteiger partial charge in [-0.25, -0.2) is 0 Å². The second-order valence-electron chi connectivity index (χ2n) is 7.92. The maximum absolute atomic E-state index is 6.59. The predicted molar refractivity (Wildman–Crippen MR) is 129 cm³/mol. The fraction of sp³-hybridized carbons (Fsp3) is 0.333. The Morgan fingerprint density at radius 1 is 0.903 bits per heavy atom. The standard InChI is InChI=1S/C27H32ClNO2/c1-4-30-26-17-24(18-29-21(3)12-15-22-8-6-5-7-9-22)16-25(28)27(26)31-19-23-13-10-20(2)11-14-23/h5-11,13-14,16-17,21,29H,4,12,15,18-19H2,1-3H3. The second kappa shape index (κ2) is 11.8. The van der Waals surface area contributed by atoms with E-state index in [1.54, 1.807) is 0 Å². The summed E-state index contributed by atoms with van der Waals surface area (Å²) in [5, 5.41) is 4.17. The van der Waals surface area contributed by atoms with Gasteiger partial charge in [0.05, 0.1) is 11.6 Å². The molecule has 0 aliphatic rings. The molecule has 0 aliphatic heterocycles. The van der Waals surface area contributed by atoms with Crippen molar-refractivity contribution >= 4 is 11.6 Å². The summed E-state index contributed by atoms with van der Waals surface area (Å²) in [4.78, 5) is 0. The molecule has 31 heavy (non-hydrogen) atoms. The quantitative estimate of drug-likeness (QED) is 0.360. The van der Waals surface area contributed by atoms with Crippen molar-refractivity contribution in [3.05, 3.63) is 94.0 Å². The van der Waals surface area contributed by atoms with Crippen molar-refractivity contribution in [2.24, 2.45) is 0 Å². The Balaban J connectivity index is 1.60. The van der Waals surface area contributed by atoms with Gasteiger partial charge in [-0.15, -0.1) is 0 Å². The molecule has 0 aliphatic carbocycles. The van der Waals surface area contributed by atoms with E-state index < -0.39 is 0 Å². The molecule has 3 aromatic rings. The SMILES string of the molecule is CCOc1cc(CNC(C)CCc2ccccc2)cc(Cl)c1OCc1ccc(C)cc1. The van der Waals surface area contributed by atoms with Gasteiger partial charge in [0.15, 0.2) is 11.5 Å². The molecule has 0 aromatic heterocycles. The van der Waals surface area contributed by atoms with Crippen LogP contribution in [0, 0.1) is 6.92 Å². The van der Waals surface area contributed by atoms with Gasteiger partial charge in [-0.2, -0.15) is 0 Å². The Labute approximate surface area is 191 Å². The average molecular weight is 438 g/mol. The van der Waals surface area contributed by atoms with Crippen molar-refractivity contribution in [1.29, 1.82) is 0 Å². The van der Waals surface area contributed by atoms with Gasteiger partial charge < -0.3 is 14.8 Å². The van der Waals surface area contributed by atoms with Gasteiger partial charge in [0, 0.05) is 12.6 Å². The number of ether oxygens (including phenoxy) is 2. The molecule has 0 fully saturated rings. The molecular weight excluding hydrogens is 406 g/mol. The first kappa shape index (κ1) is 23.2. The molecule has 0 heterocycles. The van der Waals surface area contributed by atoms with Crippen LogP contribution in [0.25, 0.3) is 0 Å². The maximum Gasteiger partial charge on any atom is 0.180 e. The Morgan fingerprint density at radius 3 is 2.35 bits per heavy atom. The first-order valence-corrected chi connectivity index (χ1v) is 11.3. The lowest BCUT2D eigenvalue weighted by Crippen LogP contribution is -2.26. The molecule has 1 N–H and O–H groups in total. The van der Waals surface area contributed by atoms with E-state index in [2.05, 4.69) is 73.8 Å². The van der Waals surface area contributed by atoms with Gasteiger partial charge in [0.1, 0.15) is 6.61 Å². The van der Waals surface area contributed by atoms with Gasteiger partial charge in [0.25, 0.3) is 0 Å². The molecule has 3 rings (SSSR count). The summed E-state index contributed by atoms with van der Waals surface area (Å²) < 4.78 is 11.9. The first-order chi connectivity index (χ1) is 15.0. The normalized spacial score (nSPS) is 11.9. The molecule has 0 amide bonds. The Morgan fingerprint density at radius 2 is 1.65 bits per heavy atom. The van der Waals surface area contributed by atoms with Gasteiger partial charge in [0.2, 0.25) is 0 Å². The third-order valence-electron chi connectivity index (χ3n) is 5.24. The van der Waals surface area contributed by atoms with Gasteiger partial charge in [-0.1, -0.05) is 71.8 Å². The molecule has 0 saturated carbocycles. The van der Waals surface area contributed by atoms with Crippen LogP contribution in [0.1, 0.15) is 42.5 Å². The summed E-state index contributed by atoms with van der Waals surface area (Å²) >= 11 is 6.59. The van der Waals surface area contributed by atoms with Crippen molar-refractivity contribution < 1.29 is 9.47 Å². The minimum absolute atomic E-state index is 0.395. The van der Waals surface area contributed by atoms with E-state index >= 15 is 0 Å². The molecule has 1 unspecified atom stereocenters. The fourth-order valence-corrected chi connectivity index (χ4v) is 3.68. The van der Waals surface area contributed by atoms with Crippen molar-refractivity contribution in [3.63, 3.8) is 0 Å². The summed E-state index contributed by atoms with van der Waals surface area (Å²) in [6, 6.07) is 23.3. The lowest BCUT2D eigenvalue weighted by molar-refractivity contribution is 0.269. The fourth-order valence-electron chi connectivity index (χ4n) is 3.39. The van der Waals surface area contributed by atoms with E-state index in [9.17, 15) is 0 Å². The van der Waals surface area contributed by atoms with E-state index in [-0.39, 0.29) is 0 Å². The third-order valence-corrected chi connectivity index (χ3v) is 5.52. The summed E-state index contributed by atoms with van der Waals surface area (Å²) in [6.45, 7) is 8.00. The minimum atomic E-state index is 0.395. The molecular formula is C27H32ClNO2. The average Bonchev–Trinajstić information content (AvgIpc) is 2.78. The number of hydrogen-bond acceptors (Lipinski definition) is 3. The smallest absolute Gasteiger partial charge is 0.180 e. The second-order valence-corrected chi connectivity index (χ2v) is 8.33. The van der Waals surface area contributed by atoms with Crippen LogP contribution >= 0.6 is 11.6 Å². The van der Waals surface area contributed by atoms with Crippen LogP contribution in [0.4, 0.5) is 0 Å². The molecule has 1 atom stereocenters. The number of rotatable bonds is 11. The van der Waals surface area contributed by atoms with Crippen LogP contribution < -0.4 is 14.8 Å². The van der Waals surface area contributed by atoms with E-state index in [4.69, 9.17) is 21.1 Å². The molecule has 164 valence electrons. The number of hydrogen-bond donors (Lipinski definition) is 1. The minimum Gasteiger partial charge on any atom is -0.490 e.